The number of hydrogen-bond donors (Lipinski definition) is 1. The Hall–Kier alpha value is -10.4. The van der Waals surface area contributed by atoms with Gasteiger partial charge in [-0.3, -0.25) is 0 Å². The van der Waals surface area contributed by atoms with Gasteiger partial charge in [0.25, 0.3) is 0 Å². The van der Waals surface area contributed by atoms with E-state index in [1.165, 1.54) is 84.6 Å². The van der Waals surface area contributed by atoms with E-state index in [1.54, 1.807) is 12.1 Å². The van der Waals surface area contributed by atoms with Gasteiger partial charge in [-0.15, -0.1) is 0 Å². The van der Waals surface area contributed by atoms with E-state index < -0.39 is 0 Å². The topological polar surface area (TPSA) is 29.5 Å². The summed E-state index contributed by atoms with van der Waals surface area (Å²) in [5.41, 5.74) is 2.70. The smallest absolute Gasteiger partial charge is 0.166 e. The minimum atomic E-state index is -0.179. The Kier molecular flexibility index (Phi) is 28.3. The Morgan fingerprint density at radius 2 is 0.358 bits per heavy atom. The molecule has 1 N–H and O–H groups in total. The summed E-state index contributed by atoms with van der Waals surface area (Å²) in [4.78, 5) is 20.0. The lowest BCUT2D eigenvalue weighted by molar-refractivity contribution is 0.131. The van der Waals surface area contributed by atoms with Gasteiger partial charge < -0.3 is 9.84 Å². The minimum Gasteiger partial charge on any atom is -0.508 e. The molecule has 0 aromatic heterocycles. The van der Waals surface area contributed by atoms with Crippen LogP contribution < -0.4 is 4.74 Å². The fraction of sp³-hybridized carbons (Fsp3) is 0.0909. The number of ether oxygens (including phenoxy) is 1. The molecular weight excluding hydrogens is 1380 g/mol. The lowest BCUT2D eigenvalue weighted by Crippen LogP contribution is -2.22. The highest BCUT2D eigenvalue weighted by Gasteiger charge is 2.33. The molecule has 0 radical (unpaired) electrons. The van der Waals surface area contributed by atoms with Crippen molar-refractivity contribution in [2.45, 2.75) is 133 Å². The van der Waals surface area contributed by atoms with Crippen LogP contribution in [0.15, 0.2) is 504 Å². The van der Waals surface area contributed by atoms with Crippen LogP contribution in [0.4, 0.5) is 0 Å². The molecule has 0 spiro atoms. The van der Waals surface area contributed by atoms with Crippen LogP contribution >= 0.6 is 0 Å². The number of aryl methyl sites for hydroxylation is 1. The first-order chi connectivity index (χ1) is 51.7. The first-order valence-corrected chi connectivity index (χ1v) is 41.9. The minimum absolute atomic E-state index is 0.0146. The Labute approximate surface area is 645 Å². The standard InChI is InChI=1S/C22H23OS.C22H23S.C19H17S.C18H14OS.C18H15S/c1-22(2,3)23-18-14-16-21(17-15-18)24(19-10-6-4-7-11-19)20-12-8-5-9-13-20;1-22(2,3)18-14-16-21(17-15-18)23(19-10-6-4-7-11-19)20-12-8-5-9-13-20;1-16-12-14-19(15-13-16)20(17-8-4-2-5-9-17)18-10-6-3-7-11-18;19-15-11-13-18(14-12-15)20(16-7-3-1-4-8-16)17-9-5-2-6-10-17;1-4-10-16(11-5-1)19(17-12-6-2-7-13-17)18-14-8-3-9-15-18/h4-17H,1-3H3;4-17H,1-3H3;2-15H,1H3;1-14H;1-15H/q3*+1;;+1/p+1. The van der Waals surface area contributed by atoms with Gasteiger partial charge >= 0.3 is 0 Å². The summed E-state index contributed by atoms with van der Waals surface area (Å²) in [5, 5.41) is 9.48. The van der Waals surface area contributed by atoms with Crippen LogP contribution in [0.1, 0.15) is 52.7 Å². The summed E-state index contributed by atoms with van der Waals surface area (Å²) in [6.07, 6.45) is 0. The predicted molar refractivity (Wildman–Crippen MR) is 453 cm³/mol. The van der Waals surface area contributed by atoms with Gasteiger partial charge in [0.1, 0.15) is 17.1 Å². The van der Waals surface area contributed by atoms with Crippen LogP contribution in [0.3, 0.4) is 0 Å². The highest BCUT2D eigenvalue weighted by Crippen LogP contribution is 2.37. The molecule has 0 atom stereocenters. The van der Waals surface area contributed by atoms with Crippen molar-refractivity contribution in [1.29, 1.82) is 0 Å². The molecule has 15 rings (SSSR count). The molecule has 2 nitrogen and oxygen atoms in total. The van der Waals surface area contributed by atoms with Crippen molar-refractivity contribution in [3.63, 3.8) is 0 Å². The quantitative estimate of drug-likeness (QED) is 0.0977. The van der Waals surface area contributed by atoms with Gasteiger partial charge in [0, 0.05) is 0 Å². The zero-order valence-corrected chi connectivity index (χ0v) is 65.5. The van der Waals surface area contributed by atoms with Gasteiger partial charge in [-0.25, -0.2) is 0 Å². The first kappa shape index (κ1) is 76.8. The molecule has 0 bridgehead atoms. The van der Waals surface area contributed by atoms with Gasteiger partial charge in [0.15, 0.2) is 73.4 Å². The summed E-state index contributed by atoms with van der Waals surface area (Å²) < 4.78 is 5.95. The maximum Gasteiger partial charge on any atom is 0.166 e. The lowest BCUT2D eigenvalue weighted by atomic mass is 9.87. The van der Waals surface area contributed by atoms with Gasteiger partial charge in [0.2, 0.25) is 0 Å². The summed E-state index contributed by atoms with van der Waals surface area (Å²) in [6, 6.07) is 152. The molecule has 0 fully saturated rings. The molecule has 526 valence electrons. The number of phenols is 1. The second-order valence-corrected chi connectivity index (χ2v) is 36.9. The third-order valence-corrected chi connectivity index (χ3v) is 27.7. The second-order valence-electron chi connectivity index (χ2n) is 26.7. The molecule has 106 heavy (non-hydrogen) atoms. The monoisotopic (exact) mass is 1470 g/mol. The van der Waals surface area contributed by atoms with Gasteiger partial charge in [-0.2, -0.15) is 0 Å². The normalized spacial score (nSPS) is 11.1. The number of benzene rings is 15. The van der Waals surface area contributed by atoms with E-state index in [9.17, 15) is 5.11 Å². The third kappa shape index (κ3) is 22.6. The fourth-order valence-electron chi connectivity index (χ4n) is 11.5. The highest BCUT2D eigenvalue weighted by atomic mass is 32.2. The summed E-state index contributed by atoms with van der Waals surface area (Å²) in [5.74, 6) is 1.22. The molecule has 0 aliphatic rings. The zero-order chi connectivity index (χ0) is 73.8. The largest absolute Gasteiger partial charge is 0.508 e. The lowest BCUT2D eigenvalue weighted by Gasteiger charge is -2.21. The molecule has 0 unspecified atom stereocenters. The first-order valence-electron chi connectivity index (χ1n) is 35.7. The highest BCUT2D eigenvalue weighted by molar-refractivity contribution is 7.98. The molecule has 0 aliphatic carbocycles. The van der Waals surface area contributed by atoms with E-state index in [2.05, 4.69) is 443 Å². The van der Waals surface area contributed by atoms with Gasteiger partial charge in [0.05, 0.1) is 54.5 Å². The third-order valence-electron chi connectivity index (χ3n) is 16.5. The molecule has 15 aromatic carbocycles. The Morgan fingerprint density at radius 3 is 0.538 bits per heavy atom. The van der Waals surface area contributed by atoms with Crippen molar-refractivity contribution < 1.29 is 9.84 Å². The molecule has 0 saturated heterocycles. The molecule has 0 heterocycles. The van der Waals surface area contributed by atoms with Crippen molar-refractivity contribution in [3.05, 3.63) is 442 Å². The molecule has 7 heteroatoms. The van der Waals surface area contributed by atoms with E-state index in [-0.39, 0.29) is 65.5 Å². The average Bonchev–Trinajstić information content (AvgIpc) is 0.846. The predicted octanol–water partition coefficient (Wildman–Crippen LogP) is 26.4. The van der Waals surface area contributed by atoms with Crippen LogP contribution in [0.5, 0.6) is 11.5 Å². The van der Waals surface area contributed by atoms with Gasteiger partial charge in [-0.1, -0.05) is 251 Å². The fourth-order valence-corrected chi connectivity index (χ4v) is 21.9. The maximum absolute atomic E-state index is 9.48. The second kappa shape index (κ2) is 39.1. The van der Waals surface area contributed by atoms with Crippen molar-refractivity contribution in [2.24, 2.45) is 0 Å². The van der Waals surface area contributed by atoms with Crippen molar-refractivity contribution in [2.75, 3.05) is 0 Å². The SMILES string of the molecule is CC(C)(C)Oc1ccc([S+](c2ccccc2)c2ccccc2)cc1.CC(C)(C)c1ccc([S+](c2ccccc2)c2ccccc2)cc1.Cc1ccc([S+](c2ccccc2)c2ccccc2)cc1.Oc1ccc([S+](c2ccccc2)c2ccccc2)cc1.c1ccc([S+](c2ccccc2)c2ccccc2)cc1. The molecular formula is C99H93O2S5+5. The van der Waals surface area contributed by atoms with Gasteiger partial charge in [-0.05, 0) is 245 Å². The summed E-state index contributed by atoms with van der Waals surface area (Å²) in [7, 11) is -0.323. The van der Waals surface area contributed by atoms with E-state index in [1.807, 2.05) is 24.3 Å². The zero-order valence-electron chi connectivity index (χ0n) is 61.4. The number of aromatic hydroxyl groups is 1. The van der Waals surface area contributed by atoms with Crippen molar-refractivity contribution >= 4 is 54.5 Å². The van der Waals surface area contributed by atoms with E-state index in [4.69, 9.17) is 4.74 Å². The number of rotatable bonds is 16. The molecule has 15 aromatic rings. The Balaban J connectivity index is 0.000000133. The van der Waals surface area contributed by atoms with Crippen LogP contribution in [0.2, 0.25) is 0 Å². The van der Waals surface area contributed by atoms with E-state index in [0.717, 1.165) is 5.75 Å². The Morgan fingerprint density at radius 1 is 0.198 bits per heavy atom. The maximum atomic E-state index is 9.48. The van der Waals surface area contributed by atoms with E-state index >= 15 is 0 Å². The van der Waals surface area contributed by atoms with Crippen molar-refractivity contribution in [1.82, 2.24) is 0 Å². The van der Waals surface area contributed by atoms with Crippen molar-refractivity contribution in [3.8, 4) is 11.5 Å². The molecule has 0 saturated carbocycles. The van der Waals surface area contributed by atoms with E-state index in [0.29, 0.717) is 5.75 Å². The summed E-state index contributed by atoms with van der Waals surface area (Å²) in [6.45, 7) is 15.1. The van der Waals surface area contributed by atoms with Crippen LogP contribution in [-0.2, 0) is 59.9 Å². The molecule has 0 amide bonds. The van der Waals surface area contributed by atoms with Crippen LogP contribution in [0, 0.1) is 6.92 Å². The summed E-state index contributed by atoms with van der Waals surface area (Å²) >= 11 is 0. The average molecular weight is 1480 g/mol. The number of phenolic OH excluding ortho intramolecular Hbond substituents is 1. The Bertz CT molecular complexity index is 4550. The molecule has 0 aliphatic heterocycles. The number of hydrogen-bond acceptors (Lipinski definition) is 2. The van der Waals surface area contributed by atoms with Crippen LogP contribution in [-0.4, -0.2) is 10.7 Å². The van der Waals surface area contributed by atoms with Crippen LogP contribution in [0.25, 0.3) is 0 Å².